The van der Waals surface area contributed by atoms with E-state index in [0.717, 1.165) is 6.54 Å². The monoisotopic (exact) mass is 171 g/mol. The van der Waals surface area contributed by atoms with Gasteiger partial charge in [-0.1, -0.05) is 19.8 Å². The van der Waals surface area contributed by atoms with Gasteiger partial charge < -0.3 is 10.8 Å². The second-order valence-corrected chi connectivity index (χ2v) is 4.30. The third-order valence-corrected chi connectivity index (χ3v) is 3.70. The number of aliphatic hydroxyl groups excluding tert-OH is 1. The lowest BCUT2D eigenvalue weighted by Crippen LogP contribution is -2.39. The molecule has 2 atom stereocenters. The average Bonchev–Trinajstić information content (AvgIpc) is 2.52. The number of aliphatic hydroxyl groups is 1. The van der Waals surface area contributed by atoms with Crippen LogP contribution in [-0.4, -0.2) is 17.8 Å². The Morgan fingerprint density at radius 1 is 1.33 bits per heavy atom. The van der Waals surface area contributed by atoms with E-state index >= 15 is 0 Å². The molecule has 1 rings (SSSR count). The van der Waals surface area contributed by atoms with Crippen LogP contribution in [0, 0.1) is 11.3 Å². The second-order valence-electron chi connectivity index (χ2n) is 4.30. The van der Waals surface area contributed by atoms with Crippen molar-refractivity contribution in [1.29, 1.82) is 0 Å². The normalized spacial score (nSPS) is 27.0. The van der Waals surface area contributed by atoms with Gasteiger partial charge >= 0.3 is 0 Å². The number of hydrogen-bond acceptors (Lipinski definition) is 2. The van der Waals surface area contributed by atoms with Crippen LogP contribution in [0.25, 0.3) is 0 Å². The average molecular weight is 171 g/mol. The van der Waals surface area contributed by atoms with Crippen molar-refractivity contribution in [3.63, 3.8) is 0 Å². The van der Waals surface area contributed by atoms with Gasteiger partial charge in [0, 0.05) is 0 Å². The highest BCUT2D eigenvalue weighted by atomic mass is 16.3. The van der Waals surface area contributed by atoms with E-state index in [-0.39, 0.29) is 11.5 Å². The molecule has 0 spiro atoms. The van der Waals surface area contributed by atoms with Crippen LogP contribution in [0.1, 0.15) is 39.5 Å². The Morgan fingerprint density at radius 2 is 1.83 bits per heavy atom. The zero-order chi connectivity index (χ0) is 9.19. The van der Waals surface area contributed by atoms with Crippen molar-refractivity contribution in [3.8, 4) is 0 Å². The predicted octanol–water partition coefficient (Wildman–Crippen LogP) is 1.52. The Morgan fingerprint density at radius 3 is 2.17 bits per heavy atom. The van der Waals surface area contributed by atoms with Crippen LogP contribution in [0.3, 0.4) is 0 Å². The molecule has 0 aliphatic heterocycles. The lowest BCUT2D eigenvalue weighted by Gasteiger charge is -2.36. The molecule has 0 heterocycles. The van der Waals surface area contributed by atoms with Crippen LogP contribution in [0.2, 0.25) is 0 Å². The molecule has 2 heteroatoms. The third kappa shape index (κ3) is 1.64. The maximum Gasteiger partial charge on any atom is 0.0543 e. The van der Waals surface area contributed by atoms with Crippen LogP contribution in [0.4, 0.5) is 0 Å². The minimum atomic E-state index is -0.216. The standard InChI is InChI=1S/C10H21NO/c1-8(9(2)12)10(7-11)5-3-4-6-10/h8-9,12H,3-7,11H2,1-2H3. The molecule has 12 heavy (non-hydrogen) atoms. The van der Waals surface area contributed by atoms with E-state index in [2.05, 4.69) is 6.92 Å². The molecule has 1 aliphatic carbocycles. The van der Waals surface area contributed by atoms with Gasteiger partial charge in [-0.25, -0.2) is 0 Å². The molecule has 0 saturated heterocycles. The predicted molar refractivity (Wildman–Crippen MR) is 50.8 cm³/mol. The highest BCUT2D eigenvalue weighted by Crippen LogP contribution is 2.44. The Hall–Kier alpha value is -0.0800. The van der Waals surface area contributed by atoms with Crippen molar-refractivity contribution in [2.24, 2.45) is 17.1 Å². The van der Waals surface area contributed by atoms with Crippen molar-refractivity contribution in [3.05, 3.63) is 0 Å². The molecule has 2 nitrogen and oxygen atoms in total. The molecule has 0 amide bonds. The summed E-state index contributed by atoms with van der Waals surface area (Å²) in [5.41, 5.74) is 6.04. The molecule has 1 fully saturated rings. The minimum absolute atomic E-state index is 0.216. The van der Waals surface area contributed by atoms with Crippen molar-refractivity contribution in [2.75, 3.05) is 6.54 Å². The maximum atomic E-state index is 9.52. The fraction of sp³-hybridized carbons (Fsp3) is 1.00. The molecule has 72 valence electrons. The second kappa shape index (κ2) is 3.75. The largest absolute Gasteiger partial charge is 0.393 e. The molecule has 0 radical (unpaired) electrons. The molecule has 3 N–H and O–H groups in total. The van der Waals surface area contributed by atoms with Gasteiger partial charge in [0.2, 0.25) is 0 Å². The van der Waals surface area contributed by atoms with Crippen molar-refractivity contribution >= 4 is 0 Å². The molecule has 0 bridgehead atoms. The molecule has 1 saturated carbocycles. The molecule has 0 aromatic carbocycles. The maximum absolute atomic E-state index is 9.52. The van der Waals surface area contributed by atoms with Crippen molar-refractivity contribution in [2.45, 2.75) is 45.6 Å². The molecule has 2 unspecified atom stereocenters. The topological polar surface area (TPSA) is 46.2 Å². The molecular formula is C10H21NO. The van der Waals surface area contributed by atoms with Crippen molar-refractivity contribution in [1.82, 2.24) is 0 Å². The van der Waals surface area contributed by atoms with E-state index in [1.807, 2.05) is 6.92 Å². The van der Waals surface area contributed by atoms with Gasteiger partial charge in [-0.2, -0.15) is 0 Å². The van der Waals surface area contributed by atoms with Gasteiger partial charge in [0.25, 0.3) is 0 Å². The Bertz CT molecular complexity index is 139. The summed E-state index contributed by atoms with van der Waals surface area (Å²) in [6.07, 6.45) is 4.76. The SMILES string of the molecule is CC(O)C(C)C1(CN)CCCC1. The third-order valence-electron chi connectivity index (χ3n) is 3.70. The first-order chi connectivity index (χ1) is 5.62. The summed E-state index contributed by atoms with van der Waals surface area (Å²) in [5.74, 6) is 0.352. The van der Waals surface area contributed by atoms with Crippen LogP contribution in [-0.2, 0) is 0 Å². The lowest BCUT2D eigenvalue weighted by atomic mass is 9.72. The fourth-order valence-electron chi connectivity index (χ4n) is 2.44. The first kappa shape index (κ1) is 10.0. The van der Waals surface area contributed by atoms with Crippen molar-refractivity contribution < 1.29 is 5.11 Å². The van der Waals surface area contributed by atoms with E-state index < -0.39 is 0 Å². The van der Waals surface area contributed by atoms with E-state index in [4.69, 9.17) is 5.73 Å². The van der Waals surface area contributed by atoms with Gasteiger partial charge in [-0.15, -0.1) is 0 Å². The summed E-state index contributed by atoms with van der Waals surface area (Å²) < 4.78 is 0. The van der Waals surface area contributed by atoms with Gasteiger partial charge in [-0.05, 0) is 37.6 Å². The summed E-state index contributed by atoms with van der Waals surface area (Å²) in [6.45, 7) is 4.74. The van der Waals surface area contributed by atoms with E-state index in [1.165, 1.54) is 25.7 Å². The summed E-state index contributed by atoms with van der Waals surface area (Å²) in [4.78, 5) is 0. The number of nitrogens with two attached hydrogens (primary N) is 1. The van der Waals surface area contributed by atoms with Gasteiger partial charge in [0.15, 0.2) is 0 Å². The first-order valence-electron chi connectivity index (χ1n) is 5.00. The first-order valence-corrected chi connectivity index (χ1v) is 5.00. The molecule has 0 aromatic rings. The summed E-state index contributed by atoms with van der Waals surface area (Å²) in [5, 5.41) is 9.52. The zero-order valence-electron chi connectivity index (χ0n) is 8.21. The smallest absolute Gasteiger partial charge is 0.0543 e. The Labute approximate surface area is 75.2 Å². The fourth-order valence-corrected chi connectivity index (χ4v) is 2.44. The minimum Gasteiger partial charge on any atom is -0.393 e. The summed E-state index contributed by atoms with van der Waals surface area (Å²) in [6, 6.07) is 0. The Balaban J connectivity index is 2.65. The zero-order valence-corrected chi connectivity index (χ0v) is 8.21. The highest BCUT2D eigenvalue weighted by molar-refractivity contribution is 4.91. The van der Waals surface area contributed by atoms with Gasteiger partial charge in [0.05, 0.1) is 6.10 Å². The van der Waals surface area contributed by atoms with E-state index in [0.29, 0.717) is 5.92 Å². The lowest BCUT2D eigenvalue weighted by molar-refractivity contribution is 0.0460. The van der Waals surface area contributed by atoms with Crippen LogP contribution in [0.5, 0.6) is 0 Å². The van der Waals surface area contributed by atoms with Crippen LogP contribution >= 0.6 is 0 Å². The molecule has 1 aliphatic rings. The van der Waals surface area contributed by atoms with Crippen LogP contribution in [0.15, 0.2) is 0 Å². The van der Waals surface area contributed by atoms with Gasteiger partial charge in [-0.3, -0.25) is 0 Å². The summed E-state index contributed by atoms with van der Waals surface area (Å²) >= 11 is 0. The molecular weight excluding hydrogens is 150 g/mol. The van der Waals surface area contributed by atoms with Crippen LogP contribution < -0.4 is 5.73 Å². The highest BCUT2D eigenvalue weighted by Gasteiger charge is 2.39. The summed E-state index contributed by atoms with van der Waals surface area (Å²) in [7, 11) is 0. The Kier molecular flexibility index (Phi) is 3.13. The number of rotatable bonds is 3. The van der Waals surface area contributed by atoms with E-state index in [1.54, 1.807) is 0 Å². The molecule has 0 aromatic heterocycles. The quantitative estimate of drug-likeness (QED) is 0.676. The van der Waals surface area contributed by atoms with Gasteiger partial charge in [0.1, 0.15) is 0 Å². The number of hydrogen-bond donors (Lipinski definition) is 2. The van der Waals surface area contributed by atoms with E-state index in [9.17, 15) is 5.11 Å².